The van der Waals surface area contributed by atoms with Crippen molar-refractivity contribution < 1.29 is 33.1 Å². The zero-order valence-corrected chi connectivity index (χ0v) is 15.2. The monoisotopic (exact) mass is 366 g/mol. The predicted octanol–water partition coefficient (Wildman–Crippen LogP) is 1.53. The van der Waals surface area contributed by atoms with Gasteiger partial charge < -0.3 is 19.2 Å². The number of furan rings is 1. The first-order chi connectivity index (χ1) is 12.3. The van der Waals surface area contributed by atoms with Crippen molar-refractivity contribution in [2.75, 3.05) is 13.7 Å². The van der Waals surface area contributed by atoms with E-state index in [9.17, 15) is 19.2 Å². The molecule has 0 aliphatic carbocycles. The summed E-state index contributed by atoms with van der Waals surface area (Å²) in [5, 5.41) is 2.64. The summed E-state index contributed by atoms with van der Waals surface area (Å²) in [4.78, 5) is 48.8. The lowest BCUT2D eigenvalue weighted by molar-refractivity contribution is -0.149. The van der Waals surface area contributed by atoms with Gasteiger partial charge in [-0.2, -0.15) is 0 Å². The van der Waals surface area contributed by atoms with E-state index >= 15 is 0 Å². The Kier molecular flexibility index (Phi) is 5.69. The van der Waals surface area contributed by atoms with Crippen molar-refractivity contribution in [2.45, 2.75) is 45.8 Å². The van der Waals surface area contributed by atoms with Gasteiger partial charge in [0.1, 0.15) is 35.8 Å². The molecule has 0 atom stereocenters. The number of hydrogen-bond acceptors (Lipinski definition) is 7. The van der Waals surface area contributed by atoms with Crippen molar-refractivity contribution in [1.29, 1.82) is 0 Å². The summed E-state index contributed by atoms with van der Waals surface area (Å²) in [5.74, 6) is -1.16. The summed E-state index contributed by atoms with van der Waals surface area (Å²) in [7, 11) is 1.25. The number of esters is 2. The number of carbonyl (C=O) groups is 4. The van der Waals surface area contributed by atoms with Gasteiger partial charge in [-0.05, 0) is 25.8 Å². The topological polar surface area (TPSA) is 115 Å². The highest BCUT2D eigenvalue weighted by molar-refractivity contribution is 6.08. The summed E-state index contributed by atoms with van der Waals surface area (Å²) in [6.45, 7) is 4.45. The van der Waals surface area contributed by atoms with Gasteiger partial charge in [0.25, 0.3) is 5.91 Å². The third-order valence-corrected chi connectivity index (χ3v) is 4.49. The van der Waals surface area contributed by atoms with Crippen LogP contribution in [0.1, 0.15) is 48.6 Å². The normalized spacial score (nSPS) is 15.8. The van der Waals surface area contributed by atoms with Crippen molar-refractivity contribution in [3.63, 3.8) is 0 Å². The number of urea groups is 1. The highest BCUT2D eigenvalue weighted by Gasteiger charge is 2.49. The summed E-state index contributed by atoms with van der Waals surface area (Å²) in [6.07, 6.45) is 0.864. The molecule has 0 saturated carbocycles. The van der Waals surface area contributed by atoms with Crippen LogP contribution in [0.25, 0.3) is 0 Å². The number of amides is 3. The molecule has 0 bridgehead atoms. The van der Waals surface area contributed by atoms with E-state index in [0.717, 1.165) is 4.90 Å². The molecule has 1 aromatic heterocycles. The molecule has 1 aliphatic rings. The van der Waals surface area contributed by atoms with Crippen molar-refractivity contribution >= 4 is 23.9 Å². The van der Waals surface area contributed by atoms with E-state index in [1.165, 1.54) is 13.2 Å². The Morgan fingerprint density at radius 2 is 1.92 bits per heavy atom. The molecule has 1 N–H and O–H groups in total. The molecule has 142 valence electrons. The summed E-state index contributed by atoms with van der Waals surface area (Å²) in [6, 6.07) is 0.805. The molecule has 0 radical (unpaired) electrons. The van der Waals surface area contributed by atoms with E-state index in [-0.39, 0.29) is 17.9 Å². The molecule has 1 saturated heterocycles. The molecular formula is C17H22N2O7. The second-order valence-electron chi connectivity index (χ2n) is 5.95. The van der Waals surface area contributed by atoms with Crippen LogP contribution in [-0.2, 0) is 25.7 Å². The quantitative estimate of drug-likeness (QED) is 0.575. The molecule has 0 aromatic carbocycles. The van der Waals surface area contributed by atoms with Crippen molar-refractivity contribution in [1.82, 2.24) is 10.2 Å². The molecule has 1 aromatic rings. The maximum Gasteiger partial charge on any atom is 0.341 e. The molecule has 3 amide bonds. The number of nitrogens with one attached hydrogen (secondary N) is 1. The van der Waals surface area contributed by atoms with E-state index in [1.807, 2.05) is 0 Å². The van der Waals surface area contributed by atoms with Gasteiger partial charge in [0.05, 0.1) is 7.11 Å². The van der Waals surface area contributed by atoms with Crippen molar-refractivity contribution in [2.24, 2.45) is 0 Å². The summed E-state index contributed by atoms with van der Waals surface area (Å²) in [5.41, 5.74) is -0.728. The molecule has 1 fully saturated rings. The molecular weight excluding hydrogens is 344 g/mol. The van der Waals surface area contributed by atoms with Crippen molar-refractivity contribution in [3.8, 4) is 0 Å². The van der Waals surface area contributed by atoms with E-state index in [4.69, 9.17) is 9.15 Å². The standard InChI is InChI=1S/C17H22N2O7/c1-5-17(6-2)15(22)19(16(23)18-17)8-13(20)25-9-11-7-12(10(3)26-11)14(21)24-4/h7H,5-6,8-9H2,1-4H3,(H,18,23). The van der Waals surface area contributed by atoms with Crippen LogP contribution < -0.4 is 5.32 Å². The maximum atomic E-state index is 12.4. The fourth-order valence-corrected chi connectivity index (χ4v) is 2.80. The Morgan fingerprint density at radius 3 is 2.46 bits per heavy atom. The zero-order valence-electron chi connectivity index (χ0n) is 15.2. The van der Waals surface area contributed by atoms with Gasteiger partial charge in [-0.1, -0.05) is 13.8 Å². The third kappa shape index (κ3) is 3.56. The highest BCUT2D eigenvalue weighted by atomic mass is 16.5. The van der Waals surface area contributed by atoms with Gasteiger partial charge in [-0.15, -0.1) is 0 Å². The van der Waals surface area contributed by atoms with Crippen LogP contribution in [0.15, 0.2) is 10.5 Å². The predicted molar refractivity (Wildman–Crippen MR) is 88.1 cm³/mol. The maximum absolute atomic E-state index is 12.4. The minimum absolute atomic E-state index is 0.229. The first kappa shape index (κ1) is 19.5. The Morgan fingerprint density at radius 1 is 1.27 bits per heavy atom. The zero-order chi connectivity index (χ0) is 19.5. The molecule has 2 heterocycles. The van der Waals surface area contributed by atoms with E-state index < -0.39 is 36.0 Å². The Balaban J connectivity index is 1.96. The number of nitrogens with zero attached hydrogens (tertiary/aromatic N) is 1. The lowest BCUT2D eigenvalue weighted by Crippen LogP contribution is -2.46. The number of hydrogen-bond donors (Lipinski definition) is 1. The number of methoxy groups -OCH3 is 1. The number of imide groups is 1. The molecule has 0 unspecified atom stereocenters. The molecule has 2 rings (SSSR count). The van der Waals surface area contributed by atoms with Crippen LogP contribution in [0.4, 0.5) is 4.79 Å². The van der Waals surface area contributed by atoms with Crippen molar-refractivity contribution in [3.05, 3.63) is 23.2 Å². The van der Waals surface area contributed by atoms with E-state index in [1.54, 1.807) is 20.8 Å². The fourth-order valence-electron chi connectivity index (χ4n) is 2.80. The largest absolute Gasteiger partial charge is 0.465 e. The molecule has 0 spiro atoms. The Labute approximate surface area is 150 Å². The highest BCUT2D eigenvalue weighted by Crippen LogP contribution is 2.24. The summed E-state index contributed by atoms with van der Waals surface area (Å²) >= 11 is 0. The van der Waals surface area contributed by atoms with Gasteiger partial charge in [0.2, 0.25) is 0 Å². The molecule has 9 nitrogen and oxygen atoms in total. The molecule has 1 aliphatic heterocycles. The van der Waals surface area contributed by atoms with E-state index in [0.29, 0.717) is 18.6 Å². The van der Waals surface area contributed by atoms with Crippen LogP contribution >= 0.6 is 0 Å². The van der Waals surface area contributed by atoms with Gasteiger partial charge in [0, 0.05) is 0 Å². The minimum Gasteiger partial charge on any atom is -0.465 e. The average molecular weight is 366 g/mol. The van der Waals surface area contributed by atoms with Crippen LogP contribution in [0.5, 0.6) is 0 Å². The first-order valence-electron chi connectivity index (χ1n) is 8.25. The number of carbonyl (C=O) groups excluding carboxylic acids is 4. The second kappa shape index (κ2) is 7.59. The number of ether oxygens (including phenoxy) is 2. The second-order valence-corrected chi connectivity index (χ2v) is 5.95. The van der Waals surface area contributed by atoms with Crippen LogP contribution in [-0.4, -0.2) is 48.0 Å². The van der Waals surface area contributed by atoms with Crippen LogP contribution in [0, 0.1) is 6.92 Å². The van der Waals surface area contributed by atoms with Gasteiger partial charge in [-0.3, -0.25) is 14.5 Å². The van der Waals surface area contributed by atoms with Crippen LogP contribution in [0.2, 0.25) is 0 Å². The van der Waals surface area contributed by atoms with Gasteiger partial charge in [-0.25, -0.2) is 9.59 Å². The fraction of sp³-hybridized carbons (Fsp3) is 0.529. The minimum atomic E-state index is -0.967. The van der Waals surface area contributed by atoms with Gasteiger partial charge in [0.15, 0.2) is 0 Å². The average Bonchev–Trinajstić information content (AvgIpc) is 3.11. The lowest BCUT2D eigenvalue weighted by Gasteiger charge is -2.22. The summed E-state index contributed by atoms with van der Waals surface area (Å²) < 4.78 is 15.0. The SMILES string of the molecule is CCC1(CC)NC(=O)N(CC(=O)OCc2cc(C(=O)OC)c(C)o2)C1=O. The Bertz CT molecular complexity index is 733. The van der Waals surface area contributed by atoms with Crippen LogP contribution in [0.3, 0.4) is 0 Å². The first-order valence-corrected chi connectivity index (χ1v) is 8.25. The Hall–Kier alpha value is -2.84. The number of aryl methyl sites for hydroxylation is 1. The lowest BCUT2D eigenvalue weighted by atomic mass is 9.93. The van der Waals surface area contributed by atoms with E-state index in [2.05, 4.69) is 10.1 Å². The molecule has 9 heteroatoms. The number of rotatable bonds is 7. The van der Waals surface area contributed by atoms with Gasteiger partial charge >= 0.3 is 18.0 Å². The molecule has 26 heavy (non-hydrogen) atoms. The third-order valence-electron chi connectivity index (χ3n) is 4.49. The smallest absolute Gasteiger partial charge is 0.341 e.